The minimum absolute atomic E-state index is 0. The Bertz CT molecular complexity index is 7970. The van der Waals surface area contributed by atoms with E-state index >= 15 is 0 Å². The predicted octanol–water partition coefficient (Wildman–Crippen LogP) is 33.5. The van der Waals surface area contributed by atoms with Crippen LogP contribution >= 0.6 is 0 Å². The molecule has 12 aromatic carbocycles. The summed E-state index contributed by atoms with van der Waals surface area (Å²) in [5.41, 5.74) is 22.2. The Morgan fingerprint density at radius 3 is 0.856 bits per heavy atom. The predicted molar refractivity (Wildman–Crippen MR) is 557 cm³/mol. The summed E-state index contributed by atoms with van der Waals surface area (Å²) in [7, 11) is 0. The molecule has 3 aliphatic rings. The van der Waals surface area contributed by atoms with Gasteiger partial charge < -0.3 is 43.2 Å². The van der Waals surface area contributed by atoms with Crippen LogP contribution in [-0.2, 0) is 60.3 Å². The van der Waals surface area contributed by atoms with Crippen LogP contribution in [0.2, 0.25) is 0 Å². The summed E-state index contributed by atoms with van der Waals surface area (Å²) >= 11 is 0. The number of rotatable bonds is 12. The van der Waals surface area contributed by atoms with Crippen LogP contribution in [0.1, 0.15) is 214 Å². The number of benzene rings is 12. The van der Waals surface area contributed by atoms with Crippen molar-refractivity contribution in [1.82, 2.24) is 29.9 Å². The first-order valence-electron chi connectivity index (χ1n) is 56.4. The Hall–Kier alpha value is -13.1. The number of hydrogen-bond acceptors (Lipinski definition) is 9. The Morgan fingerprint density at radius 2 is 0.554 bits per heavy atom. The van der Waals surface area contributed by atoms with E-state index < -0.39 is 69.6 Å². The molecule has 0 amide bonds. The van der Waals surface area contributed by atoms with Crippen LogP contribution in [0.4, 0.5) is 0 Å². The first-order valence-corrected chi connectivity index (χ1v) is 45.9. The van der Waals surface area contributed by atoms with E-state index in [1.807, 2.05) is 261 Å². The largest absolute Gasteiger partial charge is 0.501 e. The zero-order valence-corrected chi connectivity index (χ0v) is 83.6. The van der Waals surface area contributed by atoms with Gasteiger partial charge in [-0.05, 0) is 249 Å². The fourth-order valence-corrected chi connectivity index (χ4v) is 17.9. The normalized spacial score (nSPS) is 21.8. The smallest absolute Gasteiger partial charge is 0.120 e. The monoisotopic (exact) mass is 2370 g/mol. The number of hydrogen-bond donors (Lipinski definition) is 0. The molecule has 0 spiro atoms. The van der Waals surface area contributed by atoms with E-state index in [0.29, 0.717) is 111 Å². The molecule has 9 heterocycles. The Kier molecular flexibility index (Phi) is 25.3. The van der Waals surface area contributed by atoms with Gasteiger partial charge in [-0.1, -0.05) is 264 Å². The topological polar surface area (TPSA) is 117 Å². The van der Waals surface area contributed by atoms with Crippen molar-refractivity contribution >= 4 is 65.8 Å². The van der Waals surface area contributed by atoms with Crippen LogP contribution in [0.25, 0.3) is 133 Å². The third-order valence-corrected chi connectivity index (χ3v) is 25.4. The van der Waals surface area contributed by atoms with Crippen LogP contribution in [0.3, 0.4) is 0 Å². The fourth-order valence-electron chi connectivity index (χ4n) is 17.9. The molecule has 9 aromatic heterocycles. The summed E-state index contributed by atoms with van der Waals surface area (Å²) in [6.07, 6.45) is 17.5. The van der Waals surface area contributed by atoms with Gasteiger partial charge >= 0.3 is 0 Å². The van der Waals surface area contributed by atoms with Crippen molar-refractivity contribution in [1.29, 1.82) is 0 Å². The Labute approximate surface area is 887 Å². The minimum Gasteiger partial charge on any atom is -0.501 e. The van der Waals surface area contributed by atoms with E-state index in [9.17, 15) is 0 Å². The number of nitrogens with zero attached hydrogens (tertiary/aromatic N) is 6. The first-order chi connectivity index (χ1) is 74.9. The maximum absolute atomic E-state index is 9.13. The summed E-state index contributed by atoms with van der Waals surface area (Å²) in [6.45, 7) is -7.29. The Morgan fingerprint density at radius 1 is 0.245 bits per heavy atom. The van der Waals surface area contributed by atoms with Crippen LogP contribution in [0.15, 0.2) is 372 Å². The van der Waals surface area contributed by atoms with Crippen molar-refractivity contribution in [3.8, 4) is 67.5 Å². The van der Waals surface area contributed by atoms with Gasteiger partial charge in [0.05, 0.1) is 16.7 Å². The number of para-hydroxylation sites is 3. The molecule has 0 N–H and O–H groups in total. The maximum atomic E-state index is 9.13. The van der Waals surface area contributed by atoms with Gasteiger partial charge in [-0.2, -0.15) is 0 Å². The van der Waals surface area contributed by atoms with Gasteiger partial charge in [-0.25, -0.2) is 0 Å². The van der Waals surface area contributed by atoms with E-state index in [1.165, 1.54) is 48.9 Å². The quantitative estimate of drug-likeness (QED) is 0.110. The van der Waals surface area contributed by atoms with E-state index in [1.54, 1.807) is 44.2 Å². The summed E-state index contributed by atoms with van der Waals surface area (Å²) in [4.78, 5) is 26.6. The van der Waals surface area contributed by atoms with Crippen molar-refractivity contribution in [2.45, 2.75) is 161 Å². The maximum Gasteiger partial charge on any atom is 0.120 e. The second-order valence-electron chi connectivity index (χ2n) is 34.1. The zero-order chi connectivity index (χ0) is 111. The van der Waals surface area contributed by atoms with Crippen molar-refractivity contribution in [2.24, 2.45) is 0 Å². The fraction of sp³-hybridized carbons (Fsp3) is 0.197. The third-order valence-electron chi connectivity index (χ3n) is 25.4. The average molecular weight is 2370 g/mol. The molecule has 24 rings (SSSR count). The molecule has 21 aromatic rings. The van der Waals surface area contributed by atoms with E-state index in [0.717, 1.165) is 150 Å². The minimum atomic E-state index is -2.19. The summed E-state index contributed by atoms with van der Waals surface area (Å²) < 4.78 is 183. The van der Waals surface area contributed by atoms with Crippen molar-refractivity contribution in [3.63, 3.8) is 0 Å². The molecule has 0 saturated heterocycles. The van der Waals surface area contributed by atoms with Gasteiger partial charge in [-0.3, -0.25) is 0 Å². The number of pyridine rings is 6. The molecule has 0 bridgehead atoms. The van der Waals surface area contributed by atoms with Gasteiger partial charge in [0.1, 0.15) is 16.7 Å². The molecule has 3 radical (unpaired) electrons. The van der Waals surface area contributed by atoms with Gasteiger partial charge in [0.25, 0.3) is 0 Å². The number of furan rings is 3. The van der Waals surface area contributed by atoms with Crippen LogP contribution in [-0.4, -0.2) is 29.9 Å². The second-order valence-corrected chi connectivity index (χ2v) is 34.1. The summed E-state index contributed by atoms with van der Waals surface area (Å²) in [5, 5.41) is 6.43. The number of aryl methyl sites for hydroxylation is 7. The molecule has 699 valence electrons. The van der Waals surface area contributed by atoms with Gasteiger partial charge in [0, 0.05) is 142 Å². The van der Waals surface area contributed by atoms with Crippen molar-refractivity contribution in [3.05, 3.63) is 467 Å². The Balaban J connectivity index is 0.000000137. The average Bonchev–Trinajstić information content (AvgIpc) is 1.44. The molecule has 3 fully saturated rings. The molecule has 139 heavy (non-hydrogen) atoms. The van der Waals surface area contributed by atoms with Crippen LogP contribution in [0, 0.1) is 84.5 Å². The van der Waals surface area contributed by atoms with Gasteiger partial charge in [0.2, 0.25) is 0 Å². The zero-order valence-electron chi connectivity index (χ0n) is 97.5. The molecular weight excluding hydrogens is 2230 g/mol. The molecule has 0 aliphatic heterocycles. The molecule has 3 aliphatic carbocycles. The molecule has 3 saturated carbocycles. The summed E-state index contributed by atoms with van der Waals surface area (Å²) in [5.74, 6) is -3.94. The molecular formula is C127H110Ir3N6O3-6. The first kappa shape index (κ1) is 74.9. The van der Waals surface area contributed by atoms with Crippen molar-refractivity contribution < 1.29 is 102 Å². The van der Waals surface area contributed by atoms with E-state index in [-0.39, 0.29) is 82.6 Å². The van der Waals surface area contributed by atoms with E-state index in [4.69, 9.17) is 57.0 Å². The molecule has 0 atom stereocenters. The molecule has 0 unspecified atom stereocenters. The molecule has 9 nitrogen and oxygen atoms in total. The van der Waals surface area contributed by atoms with Crippen LogP contribution < -0.4 is 0 Å². The van der Waals surface area contributed by atoms with Gasteiger partial charge in [0.15, 0.2) is 0 Å². The second kappa shape index (κ2) is 47.0. The standard InChI is InChI=1S/3C29H24NO.C14H14N.2C13H12N.3Ir/c3*1-2-7-20(8-3-1)21-13-15-22(16-14-21)23-17-18-27(30-19-23)26-11-6-10-25-24-9-4-5-12-28(24)31-29(25)26;1-10-4-6-13(7-5-10)14-8-11(2)12(3)9-15-14;1-10-3-6-12(7-4-10)13-8-5-11(2)9-14-13;1-10-8-13(14-9-11(10)2)12-6-4-3-5-7-12;;;/h3*1-10,12,17-19,21-22H,13-16H2;4-6,8-9H,1-3H3;2*3-6,8-9H,1-2H3;;;/q6*-1;;;/i3*21D,22D;1D3,3D3;1D3,2D3;2D3;;;. The van der Waals surface area contributed by atoms with Crippen LogP contribution in [0.5, 0.6) is 0 Å². The van der Waals surface area contributed by atoms with Crippen molar-refractivity contribution in [2.75, 3.05) is 0 Å². The number of fused-ring (bicyclic) bond motifs is 9. The third kappa shape index (κ3) is 23.7. The van der Waals surface area contributed by atoms with E-state index in [2.05, 4.69) is 69.5 Å². The molecule has 12 heteroatoms. The summed E-state index contributed by atoms with van der Waals surface area (Å²) in [6, 6.07) is 120. The van der Waals surface area contributed by atoms with Gasteiger partial charge in [-0.15, -0.1) is 161 Å². The number of aromatic nitrogens is 6. The SMILES string of the molecule is [2H]C([2H])([2H])c1c[c-]c(-c2cc(C)c(C([2H])([2H])[2H])cn2)cc1.[2H]C([2H])([2H])c1c[c-]c(-c2ccc(C([2H])([2H])[2H])cn2)cc1.[2H]C([2H])([2H])c1cnc(-c2[c-]cccc2)cc1C.[2H]C1(c2ccccc2)CCC([2H])(c2ccc(-c3[c-]ccc4c3oc3ccccc34)nc2)CC1.[2H]C1(c2ccccc2)CCC([2H])(c2ccc(-c3[c-]ccc4c3oc3ccccc34)nc2)CC1.[2H]C1(c2ccccc2)CCC([2H])(c2ccc(-c3[c-]ccc4c3oc3ccccc34)nc2)CC1.[Ir].[Ir].[Ir].